The first-order valence-electron chi connectivity index (χ1n) is 15.3. The Bertz CT molecular complexity index is 2110. The highest BCUT2D eigenvalue weighted by Crippen LogP contribution is 2.28. The lowest BCUT2D eigenvalue weighted by molar-refractivity contribution is -0.275. The number of hydroxylamine groups is 2. The average Bonchev–Trinajstić information content (AvgIpc) is 3.18. The van der Waals surface area contributed by atoms with Crippen molar-refractivity contribution < 1.29 is 50.2 Å². The molecule has 55 heavy (non-hydrogen) atoms. The van der Waals surface area contributed by atoms with E-state index in [4.69, 9.17) is 4.84 Å². The second-order valence-corrected chi connectivity index (χ2v) is 11.3. The maximum Gasteiger partial charge on any atom is 0.573 e. The molecule has 0 N–H and O–H groups in total. The molecule has 1 amide bonds. The lowest BCUT2D eigenvalue weighted by atomic mass is 10.1. The van der Waals surface area contributed by atoms with Gasteiger partial charge >= 0.3 is 12.7 Å². The van der Waals surface area contributed by atoms with E-state index < -0.39 is 12.7 Å². The van der Waals surface area contributed by atoms with Crippen molar-refractivity contribution in [1.29, 1.82) is 0 Å². The minimum absolute atomic E-state index is 0.218. The molecule has 6 rings (SSSR count). The first-order valence-corrected chi connectivity index (χ1v) is 16.1. The first-order chi connectivity index (χ1) is 26.1. The quantitative estimate of drug-likeness (QED) is 0.0634. The fourth-order valence-corrected chi connectivity index (χ4v) is 4.42. The number of rotatable bonds is 8. The van der Waals surface area contributed by atoms with Gasteiger partial charge in [0.1, 0.15) is 34.5 Å². The van der Waals surface area contributed by atoms with Crippen molar-refractivity contribution in [3.63, 3.8) is 0 Å². The number of hydrogen-bond acceptors (Lipinski definition) is 11. The molecule has 0 aliphatic rings. The van der Waals surface area contributed by atoms with Gasteiger partial charge in [-0.15, -0.1) is 26.3 Å². The topological polar surface area (TPSA) is 142 Å². The molecule has 284 valence electrons. The zero-order valence-corrected chi connectivity index (χ0v) is 30.0. The van der Waals surface area contributed by atoms with Crippen LogP contribution in [0.2, 0.25) is 0 Å². The molecule has 4 aromatic heterocycles. The van der Waals surface area contributed by atoms with Crippen molar-refractivity contribution >= 4 is 27.6 Å². The fourth-order valence-electron chi connectivity index (χ4n) is 4.18. The summed E-state index contributed by atoms with van der Waals surface area (Å²) < 4.78 is 80.7. The van der Waals surface area contributed by atoms with Crippen molar-refractivity contribution in [3.05, 3.63) is 144 Å². The molecule has 12 nitrogen and oxygen atoms in total. The zero-order chi connectivity index (χ0) is 40.0. The van der Waals surface area contributed by atoms with Crippen molar-refractivity contribution in [2.75, 3.05) is 14.2 Å². The van der Waals surface area contributed by atoms with Crippen molar-refractivity contribution in [3.8, 4) is 33.8 Å². The van der Waals surface area contributed by atoms with Crippen LogP contribution in [0.1, 0.15) is 26.4 Å². The minimum Gasteiger partial charge on any atom is -0.406 e. The molecule has 0 fully saturated rings. The normalized spacial score (nSPS) is 10.9. The molecular formula is C36H26BrF6N7O5. The Labute approximate surface area is 316 Å². The zero-order valence-electron chi connectivity index (χ0n) is 28.4. The smallest absolute Gasteiger partial charge is 0.406 e. The average molecular weight is 831 g/mol. The van der Waals surface area contributed by atoms with Gasteiger partial charge in [0.05, 0.1) is 18.2 Å². The molecule has 6 aromatic rings. The predicted octanol–water partition coefficient (Wildman–Crippen LogP) is 8.19. The Morgan fingerprint density at radius 2 is 1.00 bits per heavy atom. The Balaban J connectivity index is 0.000000196. The number of pyridine rings is 2. The van der Waals surface area contributed by atoms with Gasteiger partial charge in [0.2, 0.25) is 5.78 Å². The van der Waals surface area contributed by atoms with E-state index in [-0.39, 0.29) is 28.9 Å². The number of amides is 1. The van der Waals surface area contributed by atoms with Crippen molar-refractivity contribution in [2.45, 2.75) is 12.7 Å². The molecule has 0 aliphatic carbocycles. The summed E-state index contributed by atoms with van der Waals surface area (Å²) in [5, 5.41) is 1.11. The highest BCUT2D eigenvalue weighted by molar-refractivity contribution is 9.10. The Hall–Kier alpha value is -6.34. The molecule has 0 bridgehead atoms. The summed E-state index contributed by atoms with van der Waals surface area (Å²) in [6.07, 6.45) is 2.04. The maximum absolute atomic E-state index is 12.2. The van der Waals surface area contributed by atoms with E-state index in [0.29, 0.717) is 26.9 Å². The number of hydrogen-bond donors (Lipinski definition) is 0. The molecule has 0 saturated heterocycles. The first kappa shape index (κ1) is 41.4. The third kappa shape index (κ3) is 13.5. The van der Waals surface area contributed by atoms with E-state index in [0.717, 1.165) is 16.2 Å². The van der Waals surface area contributed by atoms with Crippen molar-refractivity contribution in [2.24, 2.45) is 0 Å². The van der Waals surface area contributed by atoms with Gasteiger partial charge in [0, 0.05) is 55.4 Å². The molecule has 2 aromatic carbocycles. The SMILES string of the molecule is CON(C)C(=O)c1cncnc1.FC(F)(F)Oc1ccc(-c2ccc(Br)nc2)cc1.O=C(c1cncnc1)c1ccc(-c2ccc(OC(F)(F)F)cc2)cn1. The number of benzene rings is 2. The third-order valence-electron chi connectivity index (χ3n) is 6.76. The summed E-state index contributed by atoms with van der Waals surface area (Å²) >= 11 is 3.21. The minimum atomic E-state index is -4.73. The van der Waals surface area contributed by atoms with Crippen molar-refractivity contribution in [1.82, 2.24) is 35.0 Å². The van der Waals surface area contributed by atoms with Gasteiger partial charge in [0.25, 0.3) is 5.91 Å². The summed E-state index contributed by atoms with van der Waals surface area (Å²) in [6, 6.07) is 17.8. The lowest BCUT2D eigenvalue weighted by Gasteiger charge is -2.12. The number of carbonyl (C=O) groups is 2. The van der Waals surface area contributed by atoms with E-state index in [9.17, 15) is 35.9 Å². The number of halogens is 7. The lowest BCUT2D eigenvalue weighted by Crippen LogP contribution is -2.25. The molecular weight excluding hydrogens is 804 g/mol. The Morgan fingerprint density at radius 1 is 0.582 bits per heavy atom. The van der Waals surface area contributed by atoms with E-state index in [1.165, 1.54) is 100 Å². The fraction of sp³-hybridized carbons (Fsp3) is 0.111. The van der Waals surface area contributed by atoms with Crippen LogP contribution in [0.5, 0.6) is 11.5 Å². The molecule has 0 radical (unpaired) electrons. The molecule has 4 heterocycles. The van der Waals surface area contributed by atoms with E-state index in [1.807, 2.05) is 6.07 Å². The maximum atomic E-state index is 12.2. The highest BCUT2D eigenvalue weighted by Gasteiger charge is 2.31. The monoisotopic (exact) mass is 829 g/mol. The van der Waals surface area contributed by atoms with Gasteiger partial charge in [-0.05, 0) is 63.5 Å². The number of ketones is 1. The standard InChI is InChI=1S/C17H10F3N3O2.C12H7BrF3NO.C7H9N3O2/c18-17(19,20)25-14-4-1-11(2-5-14)12-3-6-15(23-9-12)16(24)13-7-21-10-22-8-13;13-11-6-3-9(7-17-11)8-1-4-10(5-2-8)18-12(14,15)16;1-10(12-2)7(11)6-3-8-5-9-4-6/h1-10H;1-7H;3-5H,1-2H3. The summed E-state index contributed by atoms with van der Waals surface area (Å²) in [4.78, 5) is 51.3. The second-order valence-electron chi connectivity index (χ2n) is 10.5. The summed E-state index contributed by atoms with van der Waals surface area (Å²) in [5.41, 5.74) is 3.82. The Morgan fingerprint density at radius 3 is 1.38 bits per heavy atom. The van der Waals surface area contributed by atoms with Crippen LogP contribution in [0.3, 0.4) is 0 Å². The van der Waals surface area contributed by atoms with Crippen LogP contribution in [0, 0.1) is 0 Å². The van der Waals surface area contributed by atoms with Gasteiger partial charge in [-0.3, -0.25) is 19.4 Å². The highest BCUT2D eigenvalue weighted by atomic mass is 79.9. The van der Waals surface area contributed by atoms with Crippen LogP contribution >= 0.6 is 15.9 Å². The van der Waals surface area contributed by atoms with Crippen LogP contribution in [0.15, 0.2) is 127 Å². The number of aromatic nitrogens is 6. The van der Waals surface area contributed by atoms with Crippen LogP contribution < -0.4 is 9.47 Å². The van der Waals surface area contributed by atoms with E-state index >= 15 is 0 Å². The van der Waals surface area contributed by atoms with E-state index in [2.05, 4.69) is 55.3 Å². The largest absolute Gasteiger partial charge is 0.573 e. The molecule has 0 saturated carbocycles. The van der Waals surface area contributed by atoms with Gasteiger partial charge in [-0.2, -0.15) is 0 Å². The van der Waals surface area contributed by atoms with E-state index in [1.54, 1.807) is 30.5 Å². The third-order valence-corrected chi connectivity index (χ3v) is 7.23. The van der Waals surface area contributed by atoms with Gasteiger partial charge in [-0.25, -0.2) is 30.0 Å². The predicted molar refractivity (Wildman–Crippen MR) is 187 cm³/mol. The molecule has 19 heteroatoms. The summed E-state index contributed by atoms with van der Waals surface area (Å²) in [5.74, 6) is -1.13. The number of ether oxygens (including phenoxy) is 2. The number of nitrogens with zero attached hydrogens (tertiary/aromatic N) is 7. The molecule has 0 aliphatic heterocycles. The van der Waals surface area contributed by atoms with Crippen LogP contribution in [-0.4, -0.2) is 73.5 Å². The summed E-state index contributed by atoms with van der Waals surface area (Å²) in [6.45, 7) is 0. The number of carbonyl (C=O) groups excluding carboxylic acids is 2. The van der Waals surface area contributed by atoms with Gasteiger partial charge in [0.15, 0.2) is 0 Å². The molecule has 0 atom stereocenters. The van der Waals surface area contributed by atoms with Gasteiger partial charge < -0.3 is 9.47 Å². The second kappa shape index (κ2) is 19.1. The summed E-state index contributed by atoms with van der Waals surface area (Å²) in [7, 11) is 2.94. The van der Waals surface area contributed by atoms with Crippen LogP contribution in [0.4, 0.5) is 26.3 Å². The Kier molecular flexibility index (Phi) is 14.4. The van der Waals surface area contributed by atoms with Crippen LogP contribution in [-0.2, 0) is 4.84 Å². The molecule has 0 spiro atoms. The number of alkyl halides is 6. The van der Waals surface area contributed by atoms with Gasteiger partial charge in [-0.1, -0.05) is 36.4 Å². The van der Waals surface area contributed by atoms with Crippen LogP contribution in [0.25, 0.3) is 22.3 Å². The molecule has 0 unspecified atom stereocenters.